The van der Waals surface area contributed by atoms with Gasteiger partial charge in [-0.15, -0.1) is 0 Å². The van der Waals surface area contributed by atoms with Crippen molar-refractivity contribution in [2.24, 2.45) is 5.73 Å². The lowest BCUT2D eigenvalue weighted by atomic mass is 10.0. The highest BCUT2D eigenvalue weighted by atomic mass is 15.2. The van der Waals surface area contributed by atoms with E-state index in [1.54, 1.807) is 0 Å². The standard InChI is InChI=1S/C17H29N3/c1-19(2)17-9-6-12-20(14-17)13-16(18)11-10-15-7-4-3-5-8-15/h3-5,7-8,16-17H,6,9-14,18H2,1-2H3. The van der Waals surface area contributed by atoms with Crippen molar-refractivity contribution >= 4 is 0 Å². The molecule has 3 nitrogen and oxygen atoms in total. The topological polar surface area (TPSA) is 32.5 Å². The summed E-state index contributed by atoms with van der Waals surface area (Å²) in [6.07, 6.45) is 4.79. The fraction of sp³-hybridized carbons (Fsp3) is 0.647. The summed E-state index contributed by atoms with van der Waals surface area (Å²) in [5, 5.41) is 0. The van der Waals surface area contributed by atoms with Gasteiger partial charge in [0.15, 0.2) is 0 Å². The molecule has 1 fully saturated rings. The van der Waals surface area contributed by atoms with Gasteiger partial charge in [0.1, 0.15) is 0 Å². The smallest absolute Gasteiger partial charge is 0.0217 e. The van der Waals surface area contributed by atoms with Gasteiger partial charge in [-0.05, 0) is 51.9 Å². The number of hydrogen-bond donors (Lipinski definition) is 1. The van der Waals surface area contributed by atoms with E-state index in [0.29, 0.717) is 6.04 Å². The molecule has 2 rings (SSSR count). The van der Waals surface area contributed by atoms with E-state index in [4.69, 9.17) is 5.73 Å². The van der Waals surface area contributed by atoms with Gasteiger partial charge in [-0.2, -0.15) is 0 Å². The molecule has 0 aromatic heterocycles. The Kier molecular flexibility index (Phi) is 6.02. The quantitative estimate of drug-likeness (QED) is 0.861. The molecule has 2 atom stereocenters. The molecule has 0 bridgehead atoms. The highest BCUT2D eigenvalue weighted by Gasteiger charge is 2.22. The van der Waals surface area contributed by atoms with Crippen LogP contribution in [0, 0.1) is 0 Å². The van der Waals surface area contributed by atoms with E-state index in [0.717, 1.165) is 19.4 Å². The Labute approximate surface area is 123 Å². The highest BCUT2D eigenvalue weighted by molar-refractivity contribution is 5.14. The number of hydrogen-bond acceptors (Lipinski definition) is 3. The molecule has 0 saturated carbocycles. The number of piperidine rings is 1. The van der Waals surface area contributed by atoms with E-state index in [2.05, 4.69) is 54.2 Å². The zero-order valence-corrected chi connectivity index (χ0v) is 13.0. The number of rotatable bonds is 6. The maximum Gasteiger partial charge on any atom is 0.0217 e. The molecule has 2 N–H and O–H groups in total. The van der Waals surface area contributed by atoms with Crippen LogP contribution in [0.25, 0.3) is 0 Å². The Morgan fingerprint density at radius 3 is 2.75 bits per heavy atom. The third-order valence-electron chi connectivity index (χ3n) is 4.35. The van der Waals surface area contributed by atoms with Gasteiger partial charge in [0.05, 0.1) is 0 Å². The van der Waals surface area contributed by atoms with E-state index in [-0.39, 0.29) is 6.04 Å². The van der Waals surface area contributed by atoms with Crippen LogP contribution in [0.1, 0.15) is 24.8 Å². The molecule has 1 aromatic rings. The summed E-state index contributed by atoms with van der Waals surface area (Å²) < 4.78 is 0. The average Bonchev–Trinajstić information content (AvgIpc) is 2.46. The van der Waals surface area contributed by atoms with Gasteiger partial charge in [-0.3, -0.25) is 0 Å². The first-order valence-corrected chi connectivity index (χ1v) is 7.83. The lowest BCUT2D eigenvalue weighted by Crippen LogP contribution is -2.48. The molecule has 1 aliphatic heterocycles. The molecule has 3 heteroatoms. The number of benzene rings is 1. The largest absolute Gasteiger partial charge is 0.327 e. The summed E-state index contributed by atoms with van der Waals surface area (Å²) >= 11 is 0. The van der Waals surface area contributed by atoms with Crippen LogP contribution in [0.2, 0.25) is 0 Å². The van der Waals surface area contributed by atoms with Gasteiger partial charge in [0.25, 0.3) is 0 Å². The first kappa shape index (κ1) is 15.5. The SMILES string of the molecule is CN(C)C1CCCN(CC(N)CCc2ccccc2)C1. The van der Waals surface area contributed by atoms with Gasteiger partial charge >= 0.3 is 0 Å². The number of aryl methyl sites for hydroxylation is 1. The summed E-state index contributed by atoms with van der Waals surface area (Å²) in [7, 11) is 4.37. The summed E-state index contributed by atoms with van der Waals surface area (Å²) in [5.74, 6) is 0. The van der Waals surface area contributed by atoms with Crippen LogP contribution in [-0.2, 0) is 6.42 Å². The molecule has 1 saturated heterocycles. The fourth-order valence-electron chi connectivity index (χ4n) is 3.04. The summed E-state index contributed by atoms with van der Waals surface area (Å²) in [6.45, 7) is 3.42. The third kappa shape index (κ3) is 4.89. The Balaban J connectivity index is 1.72. The van der Waals surface area contributed by atoms with E-state index in [1.165, 1.54) is 31.5 Å². The molecule has 112 valence electrons. The predicted octanol–water partition coefficient (Wildman–Crippen LogP) is 1.97. The monoisotopic (exact) mass is 275 g/mol. The lowest BCUT2D eigenvalue weighted by Gasteiger charge is -2.37. The van der Waals surface area contributed by atoms with Crippen molar-refractivity contribution in [3.63, 3.8) is 0 Å². The minimum absolute atomic E-state index is 0.288. The Morgan fingerprint density at radius 2 is 2.05 bits per heavy atom. The fourth-order valence-corrected chi connectivity index (χ4v) is 3.04. The van der Waals surface area contributed by atoms with Crippen LogP contribution in [-0.4, -0.2) is 55.6 Å². The molecule has 1 heterocycles. The summed E-state index contributed by atoms with van der Waals surface area (Å²) in [4.78, 5) is 4.89. The van der Waals surface area contributed by atoms with Gasteiger partial charge < -0.3 is 15.5 Å². The molecule has 1 aromatic carbocycles. The predicted molar refractivity (Wildman–Crippen MR) is 85.9 cm³/mol. The molecule has 0 amide bonds. The van der Waals surface area contributed by atoms with Crippen LogP contribution < -0.4 is 5.73 Å². The van der Waals surface area contributed by atoms with Crippen LogP contribution >= 0.6 is 0 Å². The van der Waals surface area contributed by atoms with Crippen molar-refractivity contribution < 1.29 is 0 Å². The van der Waals surface area contributed by atoms with Gasteiger partial charge in [0, 0.05) is 25.2 Å². The van der Waals surface area contributed by atoms with Crippen molar-refractivity contribution in [3.05, 3.63) is 35.9 Å². The summed E-state index contributed by atoms with van der Waals surface area (Å²) in [6, 6.07) is 11.6. The number of likely N-dealkylation sites (N-methyl/N-ethyl adjacent to an activating group) is 1. The summed E-state index contributed by atoms with van der Waals surface area (Å²) in [5.41, 5.74) is 7.71. The van der Waals surface area contributed by atoms with Gasteiger partial charge in [-0.1, -0.05) is 30.3 Å². The molecular weight excluding hydrogens is 246 g/mol. The molecule has 1 aliphatic rings. The molecular formula is C17H29N3. The molecule has 0 aliphatic carbocycles. The highest BCUT2D eigenvalue weighted by Crippen LogP contribution is 2.14. The third-order valence-corrected chi connectivity index (χ3v) is 4.35. The van der Waals surface area contributed by atoms with Gasteiger partial charge in [-0.25, -0.2) is 0 Å². The van der Waals surface area contributed by atoms with Crippen molar-refractivity contribution in [2.75, 3.05) is 33.7 Å². The zero-order valence-electron chi connectivity index (χ0n) is 13.0. The zero-order chi connectivity index (χ0) is 14.4. The first-order chi connectivity index (χ1) is 9.65. The van der Waals surface area contributed by atoms with Gasteiger partial charge in [0.2, 0.25) is 0 Å². The number of nitrogens with zero attached hydrogens (tertiary/aromatic N) is 2. The average molecular weight is 275 g/mol. The van der Waals surface area contributed by atoms with Crippen LogP contribution in [0.3, 0.4) is 0 Å². The Hall–Kier alpha value is -0.900. The van der Waals surface area contributed by atoms with E-state index >= 15 is 0 Å². The minimum Gasteiger partial charge on any atom is -0.327 e. The van der Waals surface area contributed by atoms with E-state index in [1.807, 2.05) is 0 Å². The molecule has 20 heavy (non-hydrogen) atoms. The van der Waals surface area contributed by atoms with E-state index < -0.39 is 0 Å². The van der Waals surface area contributed by atoms with Crippen molar-refractivity contribution in [3.8, 4) is 0 Å². The second-order valence-electron chi connectivity index (χ2n) is 6.30. The van der Waals surface area contributed by atoms with Crippen molar-refractivity contribution in [1.82, 2.24) is 9.80 Å². The molecule has 2 unspecified atom stereocenters. The second kappa shape index (κ2) is 7.77. The normalized spacial score (nSPS) is 22.1. The van der Waals surface area contributed by atoms with Crippen LogP contribution in [0.4, 0.5) is 0 Å². The van der Waals surface area contributed by atoms with E-state index in [9.17, 15) is 0 Å². The Morgan fingerprint density at radius 1 is 1.30 bits per heavy atom. The second-order valence-corrected chi connectivity index (χ2v) is 6.30. The number of likely N-dealkylation sites (tertiary alicyclic amines) is 1. The Bertz CT molecular complexity index is 377. The maximum absolute atomic E-state index is 6.32. The minimum atomic E-state index is 0.288. The van der Waals surface area contributed by atoms with Crippen LogP contribution in [0.5, 0.6) is 0 Å². The van der Waals surface area contributed by atoms with Crippen molar-refractivity contribution in [1.29, 1.82) is 0 Å². The number of nitrogens with two attached hydrogens (primary N) is 1. The van der Waals surface area contributed by atoms with Crippen molar-refractivity contribution in [2.45, 2.75) is 37.8 Å². The van der Waals surface area contributed by atoms with Crippen LogP contribution in [0.15, 0.2) is 30.3 Å². The lowest BCUT2D eigenvalue weighted by molar-refractivity contribution is 0.127. The molecule has 0 spiro atoms. The maximum atomic E-state index is 6.32. The first-order valence-electron chi connectivity index (χ1n) is 7.83. The molecule has 0 radical (unpaired) electrons.